The van der Waals surface area contributed by atoms with E-state index in [1.165, 1.54) is 36.0 Å². The predicted molar refractivity (Wildman–Crippen MR) is 90.5 cm³/mol. The molecule has 0 bridgehead atoms. The third-order valence-electron chi connectivity index (χ3n) is 3.96. The number of hydrogen-bond acceptors (Lipinski definition) is 1. The highest BCUT2D eigenvalue weighted by Crippen LogP contribution is 2.26. The second kappa shape index (κ2) is 7.40. The van der Waals surface area contributed by atoms with E-state index in [2.05, 4.69) is 62.2 Å². The molecule has 0 N–H and O–H groups in total. The van der Waals surface area contributed by atoms with Crippen LogP contribution in [0.15, 0.2) is 48.8 Å². The van der Waals surface area contributed by atoms with Crippen LogP contribution < -0.4 is 0 Å². The van der Waals surface area contributed by atoms with Gasteiger partial charge in [0.15, 0.2) is 0 Å². The Labute approximate surface area is 129 Å². The minimum Gasteiger partial charge on any atom is -0.265 e. The first-order valence-corrected chi connectivity index (χ1v) is 8.06. The Morgan fingerprint density at radius 3 is 1.90 bits per heavy atom. The number of rotatable bonds is 7. The van der Waals surface area contributed by atoms with Crippen LogP contribution in [0.3, 0.4) is 0 Å². The summed E-state index contributed by atoms with van der Waals surface area (Å²) >= 11 is 0. The number of aromatic nitrogens is 1. The largest absolute Gasteiger partial charge is 0.265 e. The van der Waals surface area contributed by atoms with Crippen molar-refractivity contribution in [1.29, 1.82) is 0 Å². The van der Waals surface area contributed by atoms with Gasteiger partial charge in [0.25, 0.3) is 0 Å². The van der Waals surface area contributed by atoms with E-state index in [1.807, 2.05) is 12.4 Å². The molecule has 1 heterocycles. The van der Waals surface area contributed by atoms with Crippen molar-refractivity contribution < 1.29 is 0 Å². The molecule has 1 nitrogen and oxygen atoms in total. The smallest absolute Gasteiger partial charge is 0.0270 e. The van der Waals surface area contributed by atoms with Crippen molar-refractivity contribution in [2.75, 3.05) is 0 Å². The van der Waals surface area contributed by atoms with Gasteiger partial charge in [0.1, 0.15) is 0 Å². The first-order valence-electron chi connectivity index (χ1n) is 8.06. The lowest BCUT2D eigenvalue weighted by molar-refractivity contribution is 0.361. The molecular formula is C20H27N. The average molecular weight is 281 g/mol. The van der Waals surface area contributed by atoms with Crippen LogP contribution in [0.25, 0.3) is 0 Å². The van der Waals surface area contributed by atoms with E-state index >= 15 is 0 Å². The normalized spacial score (nSPS) is 11.6. The van der Waals surface area contributed by atoms with Crippen LogP contribution >= 0.6 is 0 Å². The Hall–Kier alpha value is -1.63. The van der Waals surface area contributed by atoms with Crippen LogP contribution in [0, 0.1) is 5.41 Å². The molecule has 0 radical (unpaired) electrons. The molecule has 0 amide bonds. The Kier molecular flexibility index (Phi) is 5.55. The molecule has 0 unspecified atom stereocenters. The van der Waals surface area contributed by atoms with Crippen LogP contribution in [-0.2, 0) is 19.3 Å². The van der Waals surface area contributed by atoms with Crippen molar-refractivity contribution in [1.82, 2.24) is 4.98 Å². The maximum absolute atomic E-state index is 4.09. The number of pyridine rings is 1. The molecule has 112 valence electrons. The number of aryl methyl sites for hydroxylation is 1. The fourth-order valence-corrected chi connectivity index (χ4v) is 2.87. The van der Waals surface area contributed by atoms with E-state index in [0.717, 1.165) is 12.8 Å². The van der Waals surface area contributed by atoms with E-state index in [9.17, 15) is 0 Å². The van der Waals surface area contributed by atoms with E-state index in [4.69, 9.17) is 0 Å². The van der Waals surface area contributed by atoms with Crippen LogP contribution in [0.4, 0.5) is 0 Å². The first kappa shape index (κ1) is 15.8. The zero-order valence-corrected chi connectivity index (χ0v) is 13.6. The highest BCUT2D eigenvalue weighted by Gasteiger charge is 2.19. The summed E-state index contributed by atoms with van der Waals surface area (Å²) in [7, 11) is 0. The lowest BCUT2D eigenvalue weighted by Crippen LogP contribution is -2.18. The number of hydrogen-bond donors (Lipinski definition) is 0. The zero-order valence-electron chi connectivity index (χ0n) is 13.6. The third-order valence-corrected chi connectivity index (χ3v) is 3.96. The fraction of sp³-hybridized carbons (Fsp3) is 0.450. The molecule has 0 saturated heterocycles. The molecule has 0 atom stereocenters. The second-order valence-electron chi connectivity index (χ2n) is 6.79. The van der Waals surface area contributed by atoms with Gasteiger partial charge in [0.2, 0.25) is 0 Å². The summed E-state index contributed by atoms with van der Waals surface area (Å²) in [4.78, 5) is 4.09. The average Bonchev–Trinajstić information content (AvgIpc) is 2.47. The van der Waals surface area contributed by atoms with Crippen molar-refractivity contribution in [3.63, 3.8) is 0 Å². The molecule has 1 aromatic heterocycles. The second-order valence-corrected chi connectivity index (χ2v) is 6.79. The summed E-state index contributed by atoms with van der Waals surface area (Å²) in [6, 6.07) is 13.4. The number of nitrogens with zero attached hydrogens (tertiary/aromatic N) is 1. The van der Waals surface area contributed by atoms with Crippen molar-refractivity contribution >= 4 is 0 Å². The third kappa shape index (κ3) is 5.34. The van der Waals surface area contributed by atoms with Gasteiger partial charge in [-0.25, -0.2) is 0 Å². The molecule has 0 aliphatic rings. The van der Waals surface area contributed by atoms with E-state index in [-0.39, 0.29) is 5.41 Å². The SMILES string of the molecule is CCCCc1ccc(CC(C)(C)Cc2ccncc2)cc1. The van der Waals surface area contributed by atoms with Gasteiger partial charge in [-0.1, -0.05) is 51.5 Å². The number of unbranched alkanes of at least 4 members (excludes halogenated alkanes) is 1. The summed E-state index contributed by atoms with van der Waals surface area (Å²) in [5.41, 5.74) is 4.54. The Morgan fingerprint density at radius 2 is 1.33 bits per heavy atom. The van der Waals surface area contributed by atoms with Gasteiger partial charge in [-0.3, -0.25) is 4.98 Å². The standard InChI is InChI=1S/C20H27N/c1-4-5-6-17-7-9-18(10-8-17)15-20(2,3)16-19-11-13-21-14-12-19/h7-14H,4-6,15-16H2,1-3H3. The van der Waals surface area contributed by atoms with E-state index in [1.54, 1.807) is 0 Å². The summed E-state index contributed by atoms with van der Waals surface area (Å²) < 4.78 is 0. The van der Waals surface area contributed by atoms with Crippen molar-refractivity contribution in [3.8, 4) is 0 Å². The molecule has 0 spiro atoms. The highest BCUT2D eigenvalue weighted by molar-refractivity contribution is 5.24. The quantitative estimate of drug-likeness (QED) is 0.676. The van der Waals surface area contributed by atoms with Gasteiger partial charge in [-0.15, -0.1) is 0 Å². The summed E-state index contributed by atoms with van der Waals surface area (Å²) in [6.07, 6.45) is 9.73. The van der Waals surface area contributed by atoms with Crippen molar-refractivity contribution in [2.45, 2.75) is 52.9 Å². The first-order chi connectivity index (χ1) is 10.1. The van der Waals surface area contributed by atoms with Crippen LogP contribution in [0.2, 0.25) is 0 Å². The maximum atomic E-state index is 4.09. The molecule has 1 heteroatoms. The van der Waals surface area contributed by atoms with E-state index in [0.29, 0.717) is 0 Å². The Balaban J connectivity index is 1.96. The monoisotopic (exact) mass is 281 g/mol. The lowest BCUT2D eigenvalue weighted by Gasteiger charge is -2.25. The molecule has 2 rings (SSSR count). The van der Waals surface area contributed by atoms with Crippen molar-refractivity contribution in [2.24, 2.45) is 5.41 Å². The van der Waals surface area contributed by atoms with Gasteiger partial charge >= 0.3 is 0 Å². The Bertz CT molecular complexity index is 526. The zero-order chi connectivity index (χ0) is 15.1. The molecule has 2 aromatic rings. The molecule has 0 aliphatic carbocycles. The molecule has 0 fully saturated rings. The van der Waals surface area contributed by atoms with Crippen LogP contribution in [0.5, 0.6) is 0 Å². The Morgan fingerprint density at radius 1 is 0.810 bits per heavy atom. The van der Waals surface area contributed by atoms with Gasteiger partial charge < -0.3 is 0 Å². The van der Waals surface area contributed by atoms with Crippen LogP contribution in [0.1, 0.15) is 50.3 Å². The van der Waals surface area contributed by atoms with Crippen LogP contribution in [-0.4, -0.2) is 4.98 Å². The molecular weight excluding hydrogens is 254 g/mol. The summed E-state index contributed by atoms with van der Waals surface area (Å²) in [5, 5.41) is 0. The van der Waals surface area contributed by atoms with Gasteiger partial charge in [0, 0.05) is 12.4 Å². The predicted octanol–water partition coefficient (Wildman–Crippen LogP) is 5.24. The molecule has 0 saturated carbocycles. The summed E-state index contributed by atoms with van der Waals surface area (Å²) in [5.74, 6) is 0. The summed E-state index contributed by atoms with van der Waals surface area (Å²) in [6.45, 7) is 6.94. The molecule has 1 aromatic carbocycles. The number of benzene rings is 1. The van der Waals surface area contributed by atoms with Gasteiger partial charge in [0.05, 0.1) is 0 Å². The van der Waals surface area contributed by atoms with Gasteiger partial charge in [-0.2, -0.15) is 0 Å². The topological polar surface area (TPSA) is 12.9 Å². The van der Waals surface area contributed by atoms with E-state index < -0.39 is 0 Å². The minimum absolute atomic E-state index is 0.270. The maximum Gasteiger partial charge on any atom is 0.0270 e. The molecule has 0 aliphatic heterocycles. The highest BCUT2D eigenvalue weighted by atomic mass is 14.6. The van der Waals surface area contributed by atoms with Crippen molar-refractivity contribution in [3.05, 3.63) is 65.5 Å². The fourth-order valence-electron chi connectivity index (χ4n) is 2.87. The minimum atomic E-state index is 0.270. The van der Waals surface area contributed by atoms with Gasteiger partial charge in [-0.05, 0) is 59.9 Å². The molecule has 21 heavy (non-hydrogen) atoms. The lowest BCUT2D eigenvalue weighted by atomic mass is 9.80.